The van der Waals surface area contributed by atoms with E-state index in [0.717, 1.165) is 11.8 Å². The van der Waals surface area contributed by atoms with Crippen molar-refractivity contribution in [1.82, 2.24) is 5.32 Å². The molecule has 96 valence electrons. The van der Waals surface area contributed by atoms with Crippen LogP contribution in [0.15, 0.2) is 15.9 Å². The minimum Gasteiger partial charge on any atom is -0.312 e. The molecule has 3 heteroatoms. The first-order valence-electron chi connectivity index (χ1n) is 6.66. The first-order chi connectivity index (χ1) is 8.26. The Bertz CT molecular complexity index is 350. The summed E-state index contributed by atoms with van der Waals surface area (Å²) in [5.41, 5.74) is 0. The third-order valence-corrected chi connectivity index (χ3v) is 6.06. The molecule has 1 aliphatic rings. The van der Waals surface area contributed by atoms with Gasteiger partial charge in [-0.1, -0.05) is 26.2 Å². The Morgan fingerprint density at radius 2 is 2.35 bits per heavy atom. The first kappa shape index (κ1) is 13.6. The van der Waals surface area contributed by atoms with E-state index in [9.17, 15) is 0 Å². The second-order valence-corrected chi connectivity index (χ2v) is 6.90. The van der Waals surface area contributed by atoms with Gasteiger partial charge in [-0.05, 0) is 59.1 Å². The molecule has 1 fully saturated rings. The lowest BCUT2D eigenvalue weighted by Gasteiger charge is -2.34. The molecule has 1 aromatic rings. The van der Waals surface area contributed by atoms with Crippen molar-refractivity contribution in [2.45, 2.75) is 45.1 Å². The summed E-state index contributed by atoms with van der Waals surface area (Å²) >= 11 is 5.55. The summed E-state index contributed by atoms with van der Waals surface area (Å²) in [6, 6.07) is 2.71. The quantitative estimate of drug-likeness (QED) is 0.825. The Morgan fingerprint density at radius 1 is 1.53 bits per heavy atom. The third kappa shape index (κ3) is 3.12. The molecule has 0 radical (unpaired) electrons. The Morgan fingerprint density at radius 3 is 2.94 bits per heavy atom. The fourth-order valence-corrected chi connectivity index (χ4v) is 4.94. The van der Waals surface area contributed by atoms with Crippen LogP contribution in [0.25, 0.3) is 0 Å². The first-order valence-corrected chi connectivity index (χ1v) is 8.33. The van der Waals surface area contributed by atoms with Crippen LogP contribution in [0.2, 0.25) is 0 Å². The number of thiophene rings is 1. The Kier molecular flexibility index (Phi) is 5.07. The predicted molar refractivity (Wildman–Crippen MR) is 79.6 cm³/mol. The summed E-state index contributed by atoms with van der Waals surface area (Å²) in [7, 11) is 2.10. The lowest BCUT2D eigenvalue weighted by molar-refractivity contribution is 0.216. The second-order valence-electron chi connectivity index (χ2n) is 5.10. The van der Waals surface area contributed by atoms with Gasteiger partial charge < -0.3 is 5.32 Å². The summed E-state index contributed by atoms with van der Waals surface area (Å²) in [4.78, 5) is 1.48. The van der Waals surface area contributed by atoms with Crippen LogP contribution in [0.3, 0.4) is 0 Å². The molecule has 0 amide bonds. The smallest absolute Gasteiger partial charge is 0.0452 e. The molecule has 0 bridgehead atoms. The molecule has 3 atom stereocenters. The fourth-order valence-electron chi connectivity index (χ4n) is 3.11. The van der Waals surface area contributed by atoms with E-state index in [4.69, 9.17) is 0 Å². The molecule has 1 nitrogen and oxygen atoms in total. The normalized spacial score (nSPS) is 27.0. The molecule has 1 heterocycles. The lowest BCUT2D eigenvalue weighted by Crippen LogP contribution is -2.29. The maximum absolute atomic E-state index is 3.68. The van der Waals surface area contributed by atoms with Gasteiger partial charge >= 0.3 is 0 Å². The Balaban J connectivity index is 2.10. The predicted octanol–water partition coefficient (Wildman–Crippen LogP) is 4.99. The van der Waals surface area contributed by atoms with Crippen LogP contribution >= 0.6 is 27.3 Å². The molecule has 1 aliphatic carbocycles. The van der Waals surface area contributed by atoms with E-state index in [1.54, 1.807) is 0 Å². The summed E-state index contributed by atoms with van der Waals surface area (Å²) in [5.74, 6) is 1.76. The molecule has 17 heavy (non-hydrogen) atoms. The largest absolute Gasteiger partial charge is 0.312 e. The van der Waals surface area contributed by atoms with Crippen LogP contribution in [0.1, 0.15) is 49.9 Å². The monoisotopic (exact) mass is 315 g/mol. The number of hydrogen-bond donors (Lipinski definition) is 1. The Labute approximate surface area is 117 Å². The van der Waals surface area contributed by atoms with E-state index in [1.807, 2.05) is 11.3 Å². The van der Waals surface area contributed by atoms with E-state index in [-0.39, 0.29) is 0 Å². The van der Waals surface area contributed by atoms with E-state index in [2.05, 4.69) is 46.7 Å². The van der Waals surface area contributed by atoms with Gasteiger partial charge in [0.2, 0.25) is 0 Å². The maximum atomic E-state index is 3.68. The number of hydrogen-bond acceptors (Lipinski definition) is 2. The van der Waals surface area contributed by atoms with Gasteiger partial charge in [-0.25, -0.2) is 0 Å². The SMILES string of the molecule is CCC1CCCC(C(NC)c2sccc2Br)C1. The van der Waals surface area contributed by atoms with Crippen molar-refractivity contribution in [3.05, 3.63) is 20.8 Å². The van der Waals surface area contributed by atoms with E-state index in [0.29, 0.717) is 6.04 Å². The van der Waals surface area contributed by atoms with Gasteiger partial charge in [-0.3, -0.25) is 0 Å². The highest BCUT2D eigenvalue weighted by Crippen LogP contribution is 2.41. The average molecular weight is 316 g/mol. The van der Waals surface area contributed by atoms with Gasteiger partial charge in [-0.2, -0.15) is 0 Å². The average Bonchev–Trinajstić information content (AvgIpc) is 2.77. The highest BCUT2D eigenvalue weighted by molar-refractivity contribution is 9.10. The minimum absolute atomic E-state index is 0.540. The molecular weight excluding hydrogens is 294 g/mol. The van der Waals surface area contributed by atoms with Crippen molar-refractivity contribution >= 4 is 27.3 Å². The molecule has 1 aromatic heterocycles. The molecular formula is C14H22BrNS. The van der Waals surface area contributed by atoms with Crippen molar-refractivity contribution in [1.29, 1.82) is 0 Å². The van der Waals surface area contributed by atoms with Crippen molar-refractivity contribution in [3.8, 4) is 0 Å². The van der Waals surface area contributed by atoms with Crippen LogP contribution < -0.4 is 5.32 Å². The summed E-state index contributed by atoms with van der Waals surface area (Å²) < 4.78 is 1.28. The third-order valence-electron chi connectivity index (χ3n) is 4.11. The standard InChI is InChI=1S/C14H22BrNS/c1-3-10-5-4-6-11(9-10)13(16-2)14-12(15)7-8-17-14/h7-8,10-11,13,16H,3-6,9H2,1-2H3. The zero-order chi connectivity index (χ0) is 12.3. The zero-order valence-electron chi connectivity index (χ0n) is 10.7. The fraction of sp³-hybridized carbons (Fsp3) is 0.714. The van der Waals surface area contributed by atoms with Crippen molar-refractivity contribution in [2.75, 3.05) is 7.05 Å². The Hall–Kier alpha value is 0.140. The number of nitrogens with one attached hydrogen (secondary N) is 1. The highest BCUT2D eigenvalue weighted by atomic mass is 79.9. The minimum atomic E-state index is 0.540. The molecule has 3 unspecified atom stereocenters. The maximum Gasteiger partial charge on any atom is 0.0452 e. The van der Waals surface area contributed by atoms with Crippen LogP contribution in [0.4, 0.5) is 0 Å². The van der Waals surface area contributed by atoms with E-state index >= 15 is 0 Å². The molecule has 0 aromatic carbocycles. The van der Waals surface area contributed by atoms with Crippen LogP contribution in [-0.2, 0) is 0 Å². The lowest BCUT2D eigenvalue weighted by atomic mass is 9.76. The molecule has 2 rings (SSSR count). The summed E-state index contributed by atoms with van der Waals surface area (Å²) in [5, 5.41) is 5.72. The topological polar surface area (TPSA) is 12.0 Å². The molecule has 0 spiro atoms. The number of rotatable bonds is 4. The van der Waals surface area contributed by atoms with Crippen LogP contribution in [0.5, 0.6) is 0 Å². The zero-order valence-corrected chi connectivity index (χ0v) is 13.1. The van der Waals surface area contributed by atoms with Gasteiger partial charge in [0, 0.05) is 15.4 Å². The molecule has 0 saturated heterocycles. The van der Waals surface area contributed by atoms with Crippen molar-refractivity contribution < 1.29 is 0 Å². The van der Waals surface area contributed by atoms with Gasteiger partial charge in [0.05, 0.1) is 0 Å². The van der Waals surface area contributed by atoms with Gasteiger partial charge in [0.15, 0.2) is 0 Å². The molecule has 1 N–H and O–H groups in total. The number of halogens is 1. The summed E-state index contributed by atoms with van der Waals surface area (Å²) in [6.07, 6.45) is 6.97. The van der Waals surface area contributed by atoms with E-state index < -0.39 is 0 Å². The van der Waals surface area contributed by atoms with Gasteiger partial charge in [-0.15, -0.1) is 11.3 Å². The summed E-state index contributed by atoms with van der Waals surface area (Å²) in [6.45, 7) is 2.34. The molecule has 1 saturated carbocycles. The van der Waals surface area contributed by atoms with E-state index in [1.165, 1.54) is 41.5 Å². The highest BCUT2D eigenvalue weighted by Gasteiger charge is 2.29. The molecule has 0 aliphatic heterocycles. The van der Waals surface area contributed by atoms with Crippen LogP contribution in [-0.4, -0.2) is 7.05 Å². The van der Waals surface area contributed by atoms with Gasteiger partial charge in [0.25, 0.3) is 0 Å². The van der Waals surface area contributed by atoms with Gasteiger partial charge in [0.1, 0.15) is 0 Å². The van der Waals surface area contributed by atoms with Crippen LogP contribution in [0, 0.1) is 11.8 Å². The second kappa shape index (κ2) is 6.35. The van der Waals surface area contributed by atoms with Crippen molar-refractivity contribution in [3.63, 3.8) is 0 Å². The van der Waals surface area contributed by atoms with Crippen molar-refractivity contribution in [2.24, 2.45) is 11.8 Å².